The zero-order chi connectivity index (χ0) is 21.8. The number of nitrogens with zero attached hydrogens (tertiary/aromatic N) is 2. The monoisotopic (exact) mass is 422 g/mol. The van der Waals surface area contributed by atoms with Gasteiger partial charge >= 0.3 is 5.63 Å². The first-order chi connectivity index (χ1) is 15.1. The topological polar surface area (TPSA) is 72.2 Å². The maximum atomic E-state index is 13.0. The summed E-state index contributed by atoms with van der Waals surface area (Å²) in [6.07, 6.45) is 0.890. The Morgan fingerprint density at radius 3 is 2.39 bits per heavy atom. The SMILES string of the molecule is CCCOc1ccc2cc(C(=O)N3CCN(c4ccc(OC)cc4)CC3)c(=O)oc2c1. The molecule has 0 unspecified atom stereocenters. The Morgan fingerprint density at radius 1 is 1.00 bits per heavy atom. The van der Waals surface area contributed by atoms with E-state index < -0.39 is 5.63 Å². The standard InChI is InChI=1S/C24H26N2O5/c1-3-14-30-20-7-4-17-15-21(24(28)31-22(17)16-20)23(27)26-12-10-25(11-13-26)18-5-8-19(29-2)9-6-18/h4-9,15-16H,3,10-14H2,1-2H3. The van der Waals surface area contributed by atoms with Gasteiger partial charge in [0.15, 0.2) is 0 Å². The summed E-state index contributed by atoms with van der Waals surface area (Å²) in [5.41, 5.74) is 0.939. The second kappa shape index (κ2) is 9.12. The number of carbonyl (C=O) groups is 1. The van der Waals surface area contributed by atoms with Crippen molar-refractivity contribution < 1.29 is 18.7 Å². The van der Waals surface area contributed by atoms with Gasteiger partial charge < -0.3 is 23.7 Å². The Kier molecular flexibility index (Phi) is 6.11. The minimum Gasteiger partial charge on any atom is -0.497 e. The Bertz CT molecular complexity index is 1120. The van der Waals surface area contributed by atoms with Crippen molar-refractivity contribution in [2.24, 2.45) is 0 Å². The van der Waals surface area contributed by atoms with E-state index in [1.54, 1.807) is 24.1 Å². The molecule has 0 N–H and O–H groups in total. The molecule has 1 aliphatic heterocycles. The Balaban J connectivity index is 1.46. The lowest BCUT2D eigenvalue weighted by Gasteiger charge is -2.36. The number of hydrogen-bond donors (Lipinski definition) is 0. The molecule has 0 spiro atoms. The molecule has 0 radical (unpaired) electrons. The number of piperazine rings is 1. The summed E-state index contributed by atoms with van der Waals surface area (Å²) >= 11 is 0. The van der Waals surface area contributed by atoms with Crippen LogP contribution in [0.5, 0.6) is 11.5 Å². The quantitative estimate of drug-likeness (QED) is 0.566. The molecule has 7 nitrogen and oxygen atoms in total. The summed E-state index contributed by atoms with van der Waals surface area (Å²) in [6, 6.07) is 14.8. The number of fused-ring (bicyclic) bond motifs is 1. The highest BCUT2D eigenvalue weighted by molar-refractivity contribution is 5.97. The normalized spacial score (nSPS) is 14.0. The molecule has 162 valence electrons. The van der Waals surface area contributed by atoms with E-state index in [1.165, 1.54) is 0 Å². The number of anilines is 1. The number of hydrogen-bond acceptors (Lipinski definition) is 6. The van der Waals surface area contributed by atoms with E-state index in [-0.39, 0.29) is 11.5 Å². The lowest BCUT2D eigenvalue weighted by Crippen LogP contribution is -2.49. The third-order valence-electron chi connectivity index (χ3n) is 5.42. The zero-order valence-electron chi connectivity index (χ0n) is 17.8. The van der Waals surface area contributed by atoms with Crippen molar-refractivity contribution in [2.75, 3.05) is 44.8 Å². The summed E-state index contributed by atoms with van der Waals surface area (Å²) in [5.74, 6) is 1.16. The van der Waals surface area contributed by atoms with Gasteiger partial charge in [-0.1, -0.05) is 6.92 Å². The lowest BCUT2D eigenvalue weighted by molar-refractivity contribution is 0.0742. The minimum atomic E-state index is -0.622. The highest BCUT2D eigenvalue weighted by Crippen LogP contribution is 2.23. The van der Waals surface area contributed by atoms with Gasteiger partial charge in [-0.15, -0.1) is 0 Å². The van der Waals surface area contributed by atoms with Gasteiger partial charge in [0.1, 0.15) is 22.6 Å². The van der Waals surface area contributed by atoms with Crippen LogP contribution in [0.4, 0.5) is 5.69 Å². The maximum Gasteiger partial charge on any atom is 0.349 e. The Hall–Kier alpha value is -3.48. The first kappa shape index (κ1) is 20.8. The van der Waals surface area contributed by atoms with Crippen LogP contribution in [0, 0.1) is 0 Å². The molecule has 2 aromatic carbocycles. The molecule has 0 bridgehead atoms. The third kappa shape index (κ3) is 4.50. The molecular formula is C24H26N2O5. The van der Waals surface area contributed by atoms with Crippen molar-refractivity contribution in [3.63, 3.8) is 0 Å². The molecule has 1 saturated heterocycles. The zero-order valence-corrected chi connectivity index (χ0v) is 17.8. The van der Waals surface area contributed by atoms with E-state index in [1.807, 2.05) is 43.3 Å². The van der Waals surface area contributed by atoms with Gasteiger partial charge in [0.05, 0.1) is 13.7 Å². The van der Waals surface area contributed by atoms with Gasteiger partial charge in [-0.25, -0.2) is 4.79 Å². The molecule has 0 aliphatic carbocycles. The van der Waals surface area contributed by atoms with Crippen LogP contribution < -0.4 is 20.0 Å². The molecule has 1 amide bonds. The molecule has 4 rings (SSSR count). The number of benzene rings is 2. The highest BCUT2D eigenvalue weighted by Gasteiger charge is 2.25. The number of rotatable bonds is 6. The van der Waals surface area contributed by atoms with Gasteiger partial charge in [0, 0.05) is 43.3 Å². The molecular weight excluding hydrogens is 396 g/mol. The van der Waals surface area contributed by atoms with Crippen LogP contribution in [-0.4, -0.2) is 50.7 Å². The van der Waals surface area contributed by atoms with E-state index >= 15 is 0 Å². The summed E-state index contributed by atoms with van der Waals surface area (Å²) in [6.45, 7) is 5.06. The highest BCUT2D eigenvalue weighted by atomic mass is 16.5. The van der Waals surface area contributed by atoms with Crippen LogP contribution in [0.3, 0.4) is 0 Å². The molecule has 1 aliphatic rings. The van der Waals surface area contributed by atoms with Crippen molar-refractivity contribution >= 4 is 22.6 Å². The van der Waals surface area contributed by atoms with Crippen LogP contribution in [0.15, 0.2) is 57.7 Å². The Labute approximate surface area is 180 Å². The van der Waals surface area contributed by atoms with Crippen molar-refractivity contribution in [2.45, 2.75) is 13.3 Å². The fraction of sp³-hybridized carbons (Fsp3) is 0.333. The second-order valence-electron chi connectivity index (χ2n) is 7.47. The molecule has 2 heterocycles. The fourth-order valence-corrected chi connectivity index (χ4v) is 3.68. The number of methoxy groups -OCH3 is 1. The van der Waals surface area contributed by atoms with E-state index in [0.717, 1.165) is 17.9 Å². The van der Waals surface area contributed by atoms with Gasteiger partial charge in [-0.05, 0) is 48.9 Å². The van der Waals surface area contributed by atoms with Gasteiger partial charge in [-0.2, -0.15) is 0 Å². The Morgan fingerprint density at radius 2 is 1.71 bits per heavy atom. The third-order valence-corrected chi connectivity index (χ3v) is 5.42. The second-order valence-corrected chi connectivity index (χ2v) is 7.47. The fourth-order valence-electron chi connectivity index (χ4n) is 3.68. The molecule has 3 aromatic rings. The average Bonchev–Trinajstić information content (AvgIpc) is 2.82. The molecule has 7 heteroatoms. The molecule has 0 atom stereocenters. The lowest BCUT2D eigenvalue weighted by atomic mass is 10.1. The van der Waals surface area contributed by atoms with Crippen LogP contribution in [0.2, 0.25) is 0 Å². The van der Waals surface area contributed by atoms with Gasteiger partial charge in [0.2, 0.25) is 0 Å². The van der Waals surface area contributed by atoms with Gasteiger partial charge in [-0.3, -0.25) is 4.79 Å². The van der Waals surface area contributed by atoms with Crippen LogP contribution in [0.1, 0.15) is 23.7 Å². The predicted molar refractivity (Wildman–Crippen MR) is 119 cm³/mol. The predicted octanol–water partition coefficient (Wildman–Crippen LogP) is 3.55. The van der Waals surface area contributed by atoms with Crippen molar-refractivity contribution in [3.8, 4) is 11.5 Å². The summed E-state index contributed by atoms with van der Waals surface area (Å²) in [5, 5.41) is 0.698. The molecule has 1 fully saturated rings. The maximum absolute atomic E-state index is 13.0. The minimum absolute atomic E-state index is 0.0626. The number of ether oxygens (including phenoxy) is 2. The summed E-state index contributed by atoms with van der Waals surface area (Å²) < 4.78 is 16.2. The van der Waals surface area contributed by atoms with E-state index in [9.17, 15) is 9.59 Å². The summed E-state index contributed by atoms with van der Waals surface area (Å²) in [7, 11) is 1.64. The van der Waals surface area contributed by atoms with Crippen LogP contribution in [-0.2, 0) is 0 Å². The van der Waals surface area contributed by atoms with Crippen molar-refractivity contribution in [1.29, 1.82) is 0 Å². The molecule has 1 aromatic heterocycles. The van der Waals surface area contributed by atoms with E-state index in [2.05, 4.69) is 4.90 Å². The molecule has 31 heavy (non-hydrogen) atoms. The molecule has 0 saturated carbocycles. The number of amides is 1. The first-order valence-electron chi connectivity index (χ1n) is 10.5. The van der Waals surface area contributed by atoms with Crippen LogP contribution in [0.25, 0.3) is 11.0 Å². The smallest absolute Gasteiger partial charge is 0.349 e. The van der Waals surface area contributed by atoms with E-state index in [4.69, 9.17) is 13.9 Å². The average molecular weight is 422 g/mol. The van der Waals surface area contributed by atoms with Crippen LogP contribution >= 0.6 is 0 Å². The first-order valence-corrected chi connectivity index (χ1v) is 10.5. The largest absolute Gasteiger partial charge is 0.497 e. The number of carbonyl (C=O) groups excluding carboxylic acids is 1. The van der Waals surface area contributed by atoms with Gasteiger partial charge in [0.25, 0.3) is 5.91 Å². The summed E-state index contributed by atoms with van der Waals surface area (Å²) in [4.78, 5) is 29.4. The van der Waals surface area contributed by atoms with E-state index in [0.29, 0.717) is 49.5 Å². The van der Waals surface area contributed by atoms with Crippen molar-refractivity contribution in [1.82, 2.24) is 4.90 Å². The van der Waals surface area contributed by atoms with Crippen molar-refractivity contribution in [3.05, 3.63) is 64.5 Å².